The van der Waals surface area contributed by atoms with Crippen LogP contribution in [0.3, 0.4) is 0 Å². The molecule has 6 heteroatoms. The van der Waals surface area contributed by atoms with Crippen molar-refractivity contribution in [2.75, 3.05) is 37.6 Å². The van der Waals surface area contributed by atoms with Gasteiger partial charge in [-0.3, -0.25) is 9.59 Å². The summed E-state index contributed by atoms with van der Waals surface area (Å²) in [5.41, 5.74) is 1.99. The van der Waals surface area contributed by atoms with Gasteiger partial charge in [-0.1, -0.05) is 6.07 Å². The summed E-state index contributed by atoms with van der Waals surface area (Å²) in [6, 6.07) is 5.29. The summed E-state index contributed by atoms with van der Waals surface area (Å²) >= 11 is 1.45. The number of carbonyl (C=O) groups is 2. The second-order valence-corrected chi connectivity index (χ2v) is 5.07. The van der Waals surface area contributed by atoms with E-state index in [9.17, 15) is 9.59 Å². The number of thioether (sulfide) groups is 1. The average Bonchev–Trinajstić information content (AvgIpc) is 2.41. The minimum Gasteiger partial charge on any atom is -0.383 e. The third-order valence-corrected chi connectivity index (χ3v) is 3.27. The van der Waals surface area contributed by atoms with Crippen molar-refractivity contribution >= 4 is 29.3 Å². The highest BCUT2D eigenvalue weighted by molar-refractivity contribution is 7.99. The molecule has 0 fully saturated rings. The van der Waals surface area contributed by atoms with E-state index in [1.165, 1.54) is 11.8 Å². The zero-order valence-corrected chi connectivity index (χ0v) is 12.8. The Morgan fingerprint density at radius 1 is 1.35 bits per heavy atom. The van der Waals surface area contributed by atoms with Crippen molar-refractivity contribution in [1.29, 1.82) is 0 Å². The molecule has 1 rings (SSSR count). The van der Waals surface area contributed by atoms with Gasteiger partial charge >= 0.3 is 0 Å². The summed E-state index contributed by atoms with van der Waals surface area (Å²) in [5, 5.41) is 5.57. The Kier molecular flexibility index (Phi) is 7.11. The van der Waals surface area contributed by atoms with Gasteiger partial charge in [-0.15, -0.1) is 0 Å². The normalized spacial score (nSPS) is 10.2. The van der Waals surface area contributed by atoms with E-state index in [4.69, 9.17) is 4.74 Å². The molecule has 1 aromatic rings. The Bertz CT molecular complexity index is 477. The summed E-state index contributed by atoms with van der Waals surface area (Å²) < 4.78 is 4.89. The predicted molar refractivity (Wildman–Crippen MR) is 82.4 cm³/mol. The Balaban J connectivity index is 2.78. The van der Waals surface area contributed by atoms with E-state index in [1.807, 2.05) is 13.2 Å². The molecule has 0 unspecified atom stereocenters. The van der Waals surface area contributed by atoms with Gasteiger partial charge in [0.15, 0.2) is 0 Å². The van der Waals surface area contributed by atoms with Crippen LogP contribution in [0.1, 0.15) is 15.9 Å². The lowest BCUT2D eigenvalue weighted by Gasteiger charge is -2.12. The third-order valence-electron chi connectivity index (χ3n) is 2.72. The van der Waals surface area contributed by atoms with Gasteiger partial charge in [0.1, 0.15) is 0 Å². The van der Waals surface area contributed by atoms with Gasteiger partial charge in [-0.05, 0) is 30.9 Å². The summed E-state index contributed by atoms with van der Waals surface area (Å²) in [4.78, 5) is 23.6. The molecule has 0 bridgehead atoms. The molecule has 5 nitrogen and oxygen atoms in total. The van der Waals surface area contributed by atoms with Gasteiger partial charge in [-0.25, -0.2) is 0 Å². The van der Waals surface area contributed by atoms with Crippen LogP contribution in [0.25, 0.3) is 0 Å². The van der Waals surface area contributed by atoms with Gasteiger partial charge in [-0.2, -0.15) is 11.8 Å². The van der Waals surface area contributed by atoms with Crippen LogP contribution in [0.2, 0.25) is 0 Å². The second kappa shape index (κ2) is 8.60. The molecule has 0 saturated carbocycles. The summed E-state index contributed by atoms with van der Waals surface area (Å²) in [5.74, 6) is 0.155. The number of benzene rings is 1. The molecule has 20 heavy (non-hydrogen) atoms. The topological polar surface area (TPSA) is 67.4 Å². The smallest absolute Gasteiger partial charge is 0.251 e. The maximum atomic E-state index is 12.0. The first kappa shape index (κ1) is 16.5. The van der Waals surface area contributed by atoms with E-state index in [1.54, 1.807) is 25.3 Å². The van der Waals surface area contributed by atoms with Gasteiger partial charge < -0.3 is 15.4 Å². The van der Waals surface area contributed by atoms with Crippen molar-refractivity contribution in [3.63, 3.8) is 0 Å². The van der Waals surface area contributed by atoms with E-state index in [2.05, 4.69) is 10.6 Å². The Morgan fingerprint density at radius 3 is 2.75 bits per heavy atom. The maximum Gasteiger partial charge on any atom is 0.251 e. The molecule has 1 aromatic carbocycles. The third kappa shape index (κ3) is 4.86. The molecule has 0 saturated heterocycles. The summed E-state index contributed by atoms with van der Waals surface area (Å²) in [6.45, 7) is 2.74. The fourth-order valence-corrected chi connectivity index (χ4v) is 2.03. The van der Waals surface area contributed by atoms with Crippen LogP contribution < -0.4 is 10.6 Å². The number of rotatable bonds is 7. The van der Waals surface area contributed by atoms with E-state index < -0.39 is 0 Å². The number of ether oxygens (including phenoxy) is 1. The number of hydrogen-bond acceptors (Lipinski definition) is 4. The molecule has 0 aliphatic heterocycles. The highest BCUT2D eigenvalue weighted by Gasteiger charge is 2.12. The Labute approximate surface area is 123 Å². The number of amides is 2. The van der Waals surface area contributed by atoms with Crippen LogP contribution in [0.15, 0.2) is 18.2 Å². The van der Waals surface area contributed by atoms with E-state index >= 15 is 0 Å². The molecule has 2 N–H and O–H groups in total. The monoisotopic (exact) mass is 296 g/mol. The van der Waals surface area contributed by atoms with Crippen LogP contribution >= 0.6 is 11.8 Å². The second-order valence-electron chi connectivity index (χ2n) is 4.21. The first-order chi connectivity index (χ1) is 9.60. The van der Waals surface area contributed by atoms with Gasteiger partial charge in [0.2, 0.25) is 5.91 Å². The highest BCUT2D eigenvalue weighted by Crippen LogP contribution is 2.19. The largest absolute Gasteiger partial charge is 0.383 e. The van der Waals surface area contributed by atoms with Crippen molar-refractivity contribution < 1.29 is 14.3 Å². The molecular weight excluding hydrogens is 276 g/mol. The highest BCUT2D eigenvalue weighted by atomic mass is 32.2. The summed E-state index contributed by atoms with van der Waals surface area (Å²) in [7, 11) is 1.58. The molecular formula is C14H20N2O3S. The average molecular weight is 296 g/mol. The van der Waals surface area contributed by atoms with E-state index in [0.717, 1.165) is 5.56 Å². The van der Waals surface area contributed by atoms with Crippen LogP contribution in [-0.4, -0.2) is 44.1 Å². The van der Waals surface area contributed by atoms with Crippen molar-refractivity contribution in [2.45, 2.75) is 6.92 Å². The lowest BCUT2D eigenvalue weighted by Crippen LogP contribution is -2.28. The van der Waals surface area contributed by atoms with E-state index in [-0.39, 0.29) is 11.8 Å². The lowest BCUT2D eigenvalue weighted by molar-refractivity contribution is -0.113. The van der Waals surface area contributed by atoms with Crippen molar-refractivity contribution in [2.24, 2.45) is 0 Å². The molecule has 0 spiro atoms. The van der Waals surface area contributed by atoms with Crippen LogP contribution in [0.5, 0.6) is 0 Å². The number of hydrogen-bond donors (Lipinski definition) is 2. The van der Waals surface area contributed by atoms with Crippen molar-refractivity contribution in [3.05, 3.63) is 29.3 Å². The first-order valence-electron chi connectivity index (χ1n) is 6.25. The molecule has 0 aliphatic rings. The van der Waals surface area contributed by atoms with Crippen LogP contribution in [0, 0.1) is 6.92 Å². The quantitative estimate of drug-likeness (QED) is 0.751. The number of methoxy groups -OCH3 is 1. The fourth-order valence-electron chi connectivity index (χ4n) is 1.70. The Morgan fingerprint density at radius 2 is 2.10 bits per heavy atom. The van der Waals surface area contributed by atoms with Crippen molar-refractivity contribution in [1.82, 2.24) is 5.32 Å². The molecule has 0 aliphatic carbocycles. The van der Waals surface area contributed by atoms with Gasteiger partial charge in [0.05, 0.1) is 12.4 Å². The Hall–Kier alpha value is -1.53. The van der Waals surface area contributed by atoms with Crippen LogP contribution in [0.4, 0.5) is 5.69 Å². The number of carbonyl (C=O) groups excluding carboxylic acids is 2. The minimum atomic E-state index is -0.166. The molecule has 110 valence electrons. The molecule has 0 aromatic heterocycles. The summed E-state index contributed by atoms with van der Waals surface area (Å²) in [6.07, 6.45) is 1.87. The first-order valence-corrected chi connectivity index (χ1v) is 7.65. The molecule has 0 atom stereocenters. The maximum absolute atomic E-state index is 12.0. The number of anilines is 1. The zero-order chi connectivity index (χ0) is 15.0. The predicted octanol–water partition coefficient (Wildman–Crippen LogP) is 1.67. The van der Waals surface area contributed by atoms with Gasteiger partial charge in [0.25, 0.3) is 5.91 Å². The lowest BCUT2D eigenvalue weighted by atomic mass is 10.1. The van der Waals surface area contributed by atoms with Crippen LogP contribution in [-0.2, 0) is 9.53 Å². The molecule has 0 radical (unpaired) electrons. The van der Waals surface area contributed by atoms with Crippen molar-refractivity contribution in [3.8, 4) is 0 Å². The van der Waals surface area contributed by atoms with E-state index in [0.29, 0.717) is 30.2 Å². The van der Waals surface area contributed by atoms with Gasteiger partial charge in [0, 0.05) is 24.9 Å². The SMILES string of the molecule is COCCNC(=O)c1cccc(NC(=O)CSC)c1C. The fraction of sp³-hybridized carbons (Fsp3) is 0.429. The minimum absolute atomic E-state index is 0.0717. The number of nitrogens with one attached hydrogen (secondary N) is 2. The molecule has 2 amide bonds. The molecule has 0 heterocycles. The zero-order valence-electron chi connectivity index (χ0n) is 12.0. The standard InChI is InChI=1S/C14H20N2O3S/c1-10-11(14(18)15-7-8-19-2)5-4-6-12(10)16-13(17)9-20-3/h4-6H,7-9H2,1-3H3,(H,15,18)(H,16,17).